The number of rotatable bonds is 2. The fraction of sp³-hybridized carbons (Fsp3) is 0.556. The summed E-state index contributed by atoms with van der Waals surface area (Å²) in [5.74, 6) is 1.14. The monoisotopic (exact) mass is 194 g/mol. The summed E-state index contributed by atoms with van der Waals surface area (Å²) in [6, 6.07) is 1.84. The van der Waals surface area contributed by atoms with Crippen molar-refractivity contribution in [3.8, 4) is 0 Å². The summed E-state index contributed by atoms with van der Waals surface area (Å²) in [5, 5.41) is 4.19. The molecule has 1 saturated heterocycles. The molecule has 1 atom stereocenters. The normalized spacial score (nSPS) is 22.0. The van der Waals surface area contributed by atoms with Crippen molar-refractivity contribution in [2.24, 2.45) is 18.7 Å². The second-order valence-electron chi connectivity index (χ2n) is 3.66. The molecule has 0 bridgehead atoms. The van der Waals surface area contributed by atoms with Crippen molar-refractivity contribution in [1.29, 1.82) is 0 Å². The van der Waals surface area contributed by atoms with Crippen LogP contribution in [-0.4, -0.2) is 28.8 Å². The summed E-state index contributed by atoms with van der Waals surface area (Å²) in [6.07, 6.45) is 2.38. The molecule has 0 aliphatic carbocycles. The molecule has 1 aliphatic heterocycles. The number of aromatic nitrogens is 2. The highest BCUT2D eigenvalue weighted by Gasteiger charge is 2.30. The molecule has 76 valence electrons. The third-order valence-electron chi connectivity index (χ3n) is 2.51. The Morgan fingerprint density at radius 1 is 1.71 bits per heavy atom. The molecule has 0 aromatic carbocycles. The van der Waals surface area contributed by atoms with Crippen LogP contribution in [-0.2, 0) is 11.8 Å². The minimum atomic E-state index is 0.124. The number of hydrogen-bond donors (Lipinski definition) is 1. The fourth-order valence-electron chi connectivity index (χ4n) is 1.71. The summed E-state index contributed by atoms with van der Waals surface area (Å²) in [6.45, 7) is 1.27. The standard InChI is InChI=1S/C9H14N4O/c1-12-3-2-8(11-12)13-6-7(5-10)4-9(13)14/h2-3,7H,4-6,10H2,1H3. The van der Waals surface area contributed by atoms with Gasteiger partial charge in [-0.05, 0) is 12.5 Å². The van der Waals surface area contributed by atoms with Crippen molar-refractivity contribution in [3.63, 3.8) is 0 Å². The third-order valence-corrected chi connectivity index (χ3v) is 2.51. The summed E-state index contributed by atoms with van der Waals surface area (Å²) in [4.78, 5) is 13.3. The van der Waals surface area contributed by atoms with E-state index >= 15 is 0 Å². The molecule has 0 radical (unpaired) electrons. The van der Waals surface area contributed by atoms with Gasteiger partial charge in [0.1, 0.15) is 0 Å². The van der Waals surface area contributed by atoms with Crippen molar-refractivity contribution in [1.82, 2.24) is 9.78 Å². The van der Waals surface area contributed by atoms with Crippen LogP contribution in [0.3, 0.4) is 0 Å². The van der Waals surface area contributed by atoms with E-state index in [4.69, 9.17) is 5.73 Å². The number of carbonyl (C=O) groups is 1. The lowest BCUT2D eigenvalue weighted by Gasteiger charge is -2.12. The molecule has 5 heteroatoms. The van der Waals surface area contributed by atoms with Crippen molar-refractivity contribution in [2.45, 2.75) is 6.42 Å². The number of aryl methyl sites for hydroxylation is 1. The number of amides is 1. The fourth-order valence-corrected chi connectivity index (χ4v) is 1.71. The Morgan fingerprint density at radius 2 is 2.50 bits per heavy atom. The predicted octanol–water partition coefficient (Wildman–Crippen LogP) is -0.268. The molecular formula is C9H14N4O. The van der Waals surface area contributed by atoms with Crippen LogP contribution in [0.15, 0.2) is 12.3 Å². The Morgan fingerprint density at radius 3 is 3.00 bits per heavy atom. The van der Waals surface area contributed by atoms with E-state index in [0.717, 1.165) is 5.82 Å². The third kappa shape index (κ3) is 1.50. The number of nitrogens with two attached hydrogens (primary N) is 1. The maximum atomic E-state index is 11.6. The second-order valence-corrected chi connectivity index (χ2v) is 3.66. The van der Waals surface area contributed by atoms with Crippen LogP contribution in [0.4, 0.5) is 5.82 Å². The molecule has 1 aromatic rings. The van der Waals surface area contributed by atoms with Gasteiger partial charge >= 0.3 is 0 Å². The topological polar surface area (TPSA) is 64.2 Å². The number of hydrogen-bond acceptors (Lipinski definition) is 3. The molecule has 0 spiro atoms. The van der Waals surface area contributed by atoms with Gasteiger partial charge in [-0.25, -0.2) is 0 Å². The molecule has 1 amide bonds. The van der Waals surface area contributed by atoms with Gasteiger partial charge < -0.3 is 5.73 Å². The van der Waals surface area contributed by atoms with Crippen LogP contribution in [0, 0.1) is 5.92 Å². The molecule has 2 N–H and O–H groups in total. The Balaban J connectivity index is 2.16. The van der Waals surface area contributed by atoms with Gasteiger partial charge in [-0.2, -0.15) is 5.10 Å². The van der Waals surface area contributed by atoms with E-state index in [2.05, 4.69) is 5.10 Å². The number of anilines is 1. The zero-order valence-electron chi connectivity index (χ0n) is 8.18. The molecule has 14 heavy (non-hydrogen) atoms. The molecule has 1 aliphatic rings. The second kappa shape index (κ2) is 3.42. The predicted molar refractivity (Wildman–Crippen MR) is 52.7 cm³/mol. The quantitative estimate of drug-likeness (QED) is 0.705. The summed E-state index contributed by atoms with van der Waals surface area (Å²) in [5.41, 5.74) is 5.54. The zero-order chi connectivity index (χ0) is 10.1. The number of carbonyl (C=O) groups excluding carboxylic acids is 1. The van der Waals surface area contributed by atoms with Crippen molar-refractivity contribution in [3.05, 3.63) is 12.3 Å². The van der Waals surface area contributed by atoms with Crippen LogP contribution in [0.2, 0.25) is 0 Å². The molecule has 1 unspecified atom stereocenters. The van der Waals surface area contributed by atoms with Gasteiger partial charge in [-0.15, -0.1) is 0 Å². The molecular weight excluding hydrogens is 180 g/mol. The van der Waals surface area contributed by atoms with Gasteiger partial charge in [0, 0.05) is 32.3 Å². The first-order valence-electron chi connectivity index (χ1n) is 4.71. The summed E-state index contributed by atoms with van der Waals surface area (Å²) in [7, 11) is 1.84. The Bertz CT molecular complexity index is 346. The lowest BCUT2D eigenvalue weighted by molar-refractivity contribution is -0.117. The number of nitrogens with zero attached hydrogens (tertiary/aromatic N) is 3. The summed E-state index contributed by atoms with van der Waals surface area (Å²) < 4.78 is 1.69. The first-order valence-corrected chi connectivity index (χ1v) is 4.71. The van der Waals surface area contributed by atoms with Crippen molar-refractivity contribution in [2.75, 3.05) is 18.0 Å². The van der Waals surface area contributed by atoms with Gasteiger partial charge in [-0.3, -0.25) is 14.4 Å². The van der Waals surface area contributed by atoms with Crippen molar-refractivity contribution >= 4 is 11.7 Å². The van der Waals surface area contributed by atoms with E-state index < -0.39 is 0 Å². The van der Waals surface area contributed by atoms with Crippen LogP contribution in [0.5, 0.6) is 0 Å². The Hall–Kier alpha value is -1.36. The van der Waals surface area contributed by atoms with Gasteiger partial charge in [-0.1, -0.05) is 0 Å². The minimum absolute atomic E-state index is 0.124. The molecule has 2 heterocycles. The average molecular weight is 194 g/mol. The lowest BCUT2D eigenvalue weighted by Crippen LogP contribution is -2.26. The highest BCUT2D eigenvalue weighted by molar-refractivity contribution is 5.94. The first kappa shape index (κ1) is 9.21. The zero-order valence-corrected chi connectivity index (χ0v) is 8.18. The van der Waals surface area contributed by atoms with Crippen LogP contribution in [0.1, 0.15) is 6.42 Å². The van der Waals surface area contributed by atoms with Gasteiger partial charge in [0.05, 0.1) is 0 Å². The van der Waals surface area contributed by atoms with Crippen LogP contribution >= 0.6 is 0 Å². The van der Waals surface area contributed by atoms with Crippen molar-refractivity contribution < 1.29 is 4.79 Å². The molecule has 1 aromatic heterocycles. The highest BCUT2D eigenvalue weighted by Crippen LogP contribution is 2.22. The van der Waals surface area contributed by atoms with E-state index in [-0.39, 0.29) is 11.8 Å². The molecule has 1 fully saturated rings. The van der Waals surface area contributed by atoms with Gasteiger partial charge in [0.2, 0.25) is 5.91 Å². The van der Waals surface area contributed by atoms with Gasteiger partial charge in [0.25, 0.3) is 0 Å². The minimum Gasteiger partial charge on any atom is -0.330 e. The Labute approximate surface area is 82.5 Å². The van der Waals surface area contributed by atoms with Crippen LogP contribution < -0.4 is 10.6 Å². The highest BCUT2D eigenvalue weighted by atomic mass is 16.2. The van der Waals surface area contributed by atoms with E-state index in [9.17, 15) is 4.79 Å². The van der Waals surface area contributed by atoms with Gasteiger partial charge in [0.15, 0.2) is 5.82 Å². The smallest absolute Gasteiger partial charge is 0.228 e. The Kier molecular flexibility index (Phi) is 2.25. The van der Waals surface area contributed by atoms with E-state index in [1.54, 1.807) is 9.58 Å². The average Bonchev–Trinajstić information content (AvgIpc) is 2.71. The maximum Gasteiger partial charge on any atom is 0.228 e. The van der Waals surface area contributed by atoms with Crippen LogP contribution in [0.25, 0.3) is 0 Å². The summed E-state index contributed by atoms with van der Waals surface area (Å²) >= 11 is 0. The first-order chi connectivity index (χ1) is 6.70. The van der Waals surface area contributed by atoms with E-state index in [1.165, 1.54) is 0 Å². The maximum absolute atomic E-state index is 11.6. The largest absolute Gasteiger partial charge is 0.330 e. The van der Waals surface area contributed by atoms with E-state index in [1.807, 2.05) is 19.3 Å². The molecule has 2 rings (SSSR count). The SMILES string of the molecule is Cn1ccc(N2CC(CN)CC2=O)n1. The molecule has 0 saturated carbocycles. The molecule has 5 nitrogen and oxygen atoms in total. The lowest BCUT2D eigenvalue weighted by atomic mass is 10.1. The van der Waals surface area contributed by atoms with E-state index in [0.29, 0.717) is 19.5 Å².